The predicted octanol–water partition coefficient (Wildman–Crippen LogP) is 1.59. The van der Waals surface area contributed by atoms with Crippen molar-refractivity contribution in [2.45, 2.75) is 31.2 Å². The Hall–Kier alpha value is -1.24. The third-order valence-corrected chi connectivity index (χ3v) is 4.33. The third-order valence-electron chi connectivity index (χ3n) is 3.34. The van der Waals surface area contributed by atoms with Gasteiger partial charge in [0.2, 0.25) is 5.89 Å². The molecule has 0 saturated carbocycles. The molecular formula is C12H15N3O2S. The molecule has 6 heteroatoms. The first-order chi connectivity index (χ1) is 8.79. The maximum Gasteiger partial charge on any atom is 0.234 e. The van der Waals surface area contributed by atoms with Crippen LogP contribution in [0.15, 0.2) is 16.0 Å². The number of hydrogen-bond donors (Lipinski definition) is 2. The zero-order valence-corrected chi connectivity index (χ0v) is 10.7. The highest BCUT2D eigenvalue weighted by Crippen LogP contribution is 2.38. The Morgan fingerprint density at radius 3 is 3.33 bits per heavy atom. The quantitative estimate of drug-likeness (QED) is 0.880. The number of aryl methyl sites for hydroxylation is 1. The number of nitrogens with zero attached hydrogens (tertiary/aromatic N) is 2. The maximum atomic E-state index is 8.99. The lowest BCUT2D eigenvalue weighted by Crippen LogP contribution is -2.16. The fourth-order valence-electron chi connectivity index (χ4n) is 2.36. The first-order valence-electron chi connectivity index (χ1n) is 6.05. The molecule has 0 bridgehead atoms. The van der Waals surface area contributed by atoms with E-state index in [1.54, 1.807) is 11.3 Å². The minimum Gasteiger partial charge on any atom is -0.394 e. The van der Waals surface area contributed by atoms with Crippen molar-refractivity contribution < 1.29 is 9.63 Å². The van der Waals surface area contributed by atoms with Crippen LogP contribution >= 0.6 is 11.3 Å². The molecule has 0 aliphatic heterocycles. The summed E-state index contributed by atoms with van der Waals surface area (Å²) in [7, 11) is 0. The number of rotatable bonds is 3. The number of hydrogen-bond acceptors (Lipinski definition) is 6. The molecule has 0 saturated heterocycles. The fourth-order valence-corrected chi connectivity index (χ4v) is 3.35. The largest absolute Gasteiger partial charge is 0.394 e. The predicted molar refractivity (Wildman–Crippen MR) is 67.4 cm³/mol. The lowest BCUT2D eigenvalue weighted by atomic mass is 9.88. The van der Waals surface area contributed by atoms with Gasteiger partial charge in [-0.1, -0.05) is 5.16 Å². The Kier molecular flexibility index (Phi) is 3.15. The highest BCUT2D eigenvalue weighted by atomic mass is 32.1. The minimum absolute atomic E-state index is 0.173. The van der Waals surface area contributed by atoms with Crippen molar-refractivity contribution in [2.75, 3.05) is 6.61 Å². The van der Waals surface area contributed by atoms with Crippen molar-refractivity contribution in [3.63, 3.8) is 0 Å². The van der Waals surface area contributed by atoms with Crippen LogP contribution in [0.25, 0.3) is 0 Å². The van der Waals surface area contributed by atoms with Crippen LogP contribution < -0.4 is 5.73 Å². The number of aromatic nitrogens is 2. The van der Waals surface area contributed by atoms with Crippen molar-refractivity contribution in [1.29, 1.82) is 0 Å². The summed E-state index contributed by atoms with van der Waals surface area (Å²) >= 11 is 1.79. The van der Waals surface area contributed by atoms with Gasteiger partial charge in [0.15, 0.2) is 5.82 Å². The lowest BCUT2D eigenvalue weighted by molar-refractivity contribution is 0.259. The molecule has 0 amide bonds. The van der Waals surface area contributed by atoms with Crippen LogP contribution in [0.5, 0.6) is 0 Å². The molecule has 1 aliphatic rings. The summed E-state index contributed by atoms with van der Waals surface area (Å²) in [6, 6.07) is 1.58. The minimum atomic E-state index is -0.562. The van der Waals surface area contributed by atoms with Gasteiger partial charge < -0.3 is 15.4 Å². The molecule has 2 aromatic rings. The van der Waals surface area contributed by atoms with Crippen LogP contribution in [0.4, 0.5) is 0 Å². The molecule has 2 atom stereocenters. The van der Waals surface area contributed by atoms with Crippen molar-refractivity contribution in [3.05, 3.63) is 33.6 Å². The molecule has 3 rings (SSSR count). The summed E-state index contributed by atoms with van der Waals surface area (Å²) in [6.07, 6.45) is 3.31. The van der Waals surface area contributed by atoms with Gasteiger partial charge in [0.1, 0.15) is 0 Å². The van der Waals surface area contributed by atoms with E-state index in [-0.39, 0.29) is 12.5 Å². The zero-order chi connectivity index (χ0) is 12.5. The first-order valence-corrected chi connectivity index (χ1v) is 6.93. The number of aliphatic hydroxyl groups is 1. The van der Waals surface area contributed by atoms with Crippen LogP contribution in [0, 0.1) is 0 Å². The maximum absolute atomic E-state index is 8.99. The number of fused-ring (bicyclic) bond motifs is 1. The smallest absolute Gasteiger partial charge is 0.234 e. The highest BCUT2D eigenvalue weighted by molar-refractivity contribution is 7.10. The second kappa shape index (κ2) is 4.79. The van der Waals surface area contributed by atoms with Gasteiger partial charge in [-0.25, -0.2) is 0 Å². The van der Waals surface area contributed by atoms with Gasteiger partial charge in [0.05, 0.1) is 18.6 Å². The normalized spacial score (nSPS) is 20.7. The Morgan fingerprint density at radius 1 is 1.61 bits per heavy atom. The molecule has 5 nitrogen and oxygen atoms in total. The molecule has 18 heavy (non-hydrogen) atoms. The molecule has 1 aliphatic carbocycles. The van der Waals surface area contributed by atoms with Crippen LogP contribution in [0.1, 0.15) is 47.0 Å². The third kappa shape index (κ3) is 1.96. The molecule has 3 N–H and O–H groups in total. The first kappa shape index (κ1) is 11.8. The van der Waals surface area contributed by atoms with Gasteiger partial charge in [0, 0.05) is 4.88 Å². The molecule has 0 fully saturated rings. The number of aliphatic hydroxyl groups excluding tert-OH is 1. The van der Waals surface area contributed by atoms with Gasteiger partial charge in [-0.2, -0.15) is 4.98 Å². The Labute approximate surface area is 109 Å². The number of nitrogens with two attached hydrogens (primary N) is 1. The summed E-state index contributed by atoms with van der Waals surface area (Å²) in [6.45, 7) is -0.173. The summed E-state index contributed by atoms with van der Waals surface area (Å²) in [5, 5.41) is 15.0. The van der Waals surface area contributed by atoms with E-state index in [1.165, 1.54) is 10.4 Å². The van der Waals surface area contributed by atoms with Gasteiger partial charge in [-0.05, 0) is 36.3 Å². The van der Waals surface area contributed by atoms with E-state index in [9.17, 15) is 0 Å². The summed E-state index contributed by atoms with van der Waals surface area (Å²) < 4.78 is 5.31. The van der Waals surface area contributed by atoms with Gasteiger partial charge in [-0.3, -0.25) is 0 Å². The monoisotopic (exact) mass is 265 g/mol. The van der Waals surface area contributed by atoms with Crippen molar-refractivity contribution in [2.24, 2.45) is 5.73 Å². The summed E-state index contributed by atoms with van der Waals surface area (Å²) in [4.78, 5) is 5.74. The standard InChI is InChI=1S/C12H15N3O2S/c13-9(6-16)11-14-12(17-15-11)8-2-1-3-10-7(8)4-5-18-10/h4-5,8-9,16H,1-3,6,13H2. The van der Waals surface area contributed by atoms with E-state index in [4.69, 9.17) is 15.4 Å². The summed E-state index contributed by atoms with van der Waals surface area (Å²) in [5.41, 5.74) is 6.98. The topological polar surface area (TPSA) is 85.2 Å². The van der Waals surface area contributed by atoms with Gasteiger partial charge >= 0.3 is 0 Å². The van der Waals surface area contributed by atoms with Crippen LogP contribution in [-0.2, 0) is 6.42 Å². The molecule has 0 spiro atoms. The molecule has 2 aromatic heterocycles. The molecule has 0 aromatic carbocycles. The van der Waals surface area contributed by atoms with Crippen LogP contribution in [0.2, 0.25) is 0 Å². The fraction of sp³-hybridized carbons (Fsp3) is 0.500. The molecular weight excluding hydrogens is 250 g/mol. The van der Waals surface area contributed by atoms with E-state index in [2.05, 4.69) is 21.6 Å². The Bertz CT molecular complexity index is 537. The average Bonchev–Trinajstić information content (AvgIpc) is 3.05. The van der Waals surface area contributed by atoms with E-state index in [1.807, 2.05) is 0 Å². The molecule has 96 valence electrons. The van der Waals surface area contributed by atoms with E-state index in [0.29, 0.717) is 11.7 Å². The molecule has 0 radical (unpaired) electrons. The summed E-state index contributed by atoms with van der Waals surface area (Å²) in [5.74, 6) is 1.19. The van der Waals surface area contributed by atoms with Crippen LogP contribution in [0.3, 0.4) is 0 Å². The van der Waals surface area contributed by atoms with E-state index in [0.717, 1.165) is 19.3 Å². The molecule has 2 heterocycles. The number of thiophene rings is 1. The van der Waals surface area contributed by atoms with Gasteiger partial charge in [0.25, 0.3) is 0 Å². The van der Waals surface area contributed by atoms with Crippen molar-refractivity contribution >= 4 is 11.3 Å². The van der Waals surface area contributed by atoms with E-state index < -0.39 is 6.04 Å². The van der Waals surface area contributed by atoms with Gasteiger partial charge in [-0.15, -0.1) is 11.3 Å². The second-order valence-corrected chi connectivity index (χ2v) is 5.52. The highest BCUT2D eigenvalue weighted by Gasteiger charge is 2.28. The second-order valence-electron chi connectivity index (χ2n) is 4.52. The SMILES string of the molecule is NC(CO)c1noc(C2CCCc3sccc32)n1. The van der Waals surface area contributed by atoms with Crippen LogP contribution in [-0.4, -0.2) is 21.9 Å². The lowest BCUT2D eigenvalue weighted by Gasteiger charge is -2.18. The Balaban J connectivity index is 1.90. The van der Waals surface area contributed by atoms with Crippen molar-refractivity contribution in [3.8, 4) is 0 Å². The molecule has 2 unspecified atom stereocenters. The Morgan fingerprint density at radius 2 is 2.50 bits per heavy atom. The average molecular weight is 265 g/mol. The van der Waals surface area contributed by atoms with Crippen molar-refractivity contribution in [1.82, 2.24) is 10.1 Å². The van der Waals surface area contributed by atoms with E-state index >= 15 is 0 Å². The zero-order valence-electron chi connectivity index (χ0n) is 9.87.